The first-order valence-electron chi connectivity index (χ1n) is 7.90. The molecule has 2 aromatic heterocycles. The quantitative estimate of drug-likeness (QED) is 0.885. The second kappa shape index (κ2) is 5.98. The fraction of sp³-hybridized carbons (Fsp3) is 0.529. The van der Waals surface area contributed by atoms with Crippen molar-refractivity contribution in [3.05, 3.63) is 35.4 Å². The number of aromatic nitrogens is 3. The van der Waals surface area contributed by atoms with Crippen molar-refractivity contribution < 1.29 is 0 Å². The van der Waals surface area contributed by atoms with Crippen molar-refractivity contribution in [2.45, 2.75) is 59.2 Å². The van der Waals surface area contributed by atoms with E-state index >= 15 is 0 Å². The van der Waals surface area contributed by atoms with Crippen LogP contribution < -0.4 is 5.32 Å². The molecule has 0 saturated heterocycles. The van der Waals surface area contributed by atoms with Crippen LogP contribution in [0, 0.1) is 13.8 Å². The maximum absolute atomic E-state index is 4.66. The Morgan fingerprint density at radius 1 is 1.29 bits per heavy atom. The first-order chi connectivity index (χ1) is 10.2. The molecule has 3 rings (SSSR count). The summed E-state index contributed by atoms with van der Waals surface area (Å²) in [6.45, 7) is 8.31. The maximum Gasteiger partial charge on any atom is 0.0675 e. The van der Waals surface area contributed by atoms with E-state index in [9.17, 15) is 0 Å². The summed E-state index contributed by atoms with van der Waals surface area (Å²) in [7, 11) is 0. The van der Waals surface area contributed by atoms with E-state index in [1.54, 1.807) is 0 Å². The number of aryl methyl sites for hydroxylation is 2. The van der Waals surface area contributed by atoms with Gasteiger partial charge in [-0.25, -0.2) is 0 Å². The normalized spacial score (nSPS) is 14.6. The highest BCUT2D eigenvalue weighted by Crippen LogP contribution is 2.27. The van der Waals surface area contributed by atoms with Crippen LogP contribution in [0.2, 0.25) is 0 Å². The van der Waals surface area contributed by atoms with Crippen LogP contribution >= 0.6 is 0 Å². The number of rotatable bonds is 6. The Morgan fingerprint density at radius 3 is 2.81 bits per heavy atom. The van der Waals surface area contributed by atoms with E-state index in [2.05, 4.69) is 46.9 Å². The molecular weight excluding hydrogens is 260 g/mol. The Labute approximate surface area is 126 Å². The van der Waals surface area contributed by atoms with Gasteiger partial charge in [-0.05, 0) is 44.7 Å². The van der Waals surface area contributed by atoms with Crippen LogP contribution in [0.15, 0.2) is 18.5 Å². The van der Waals surface area contributed by atoms with Gasteiger partial charge in [0.2, 0.25) is 0 Å². The summed E-state index contributed by atoms with van der Waals surface area (Å²) in [6.07, 6.45) is 7.64. The van der Waals surface area contributed by atoms with Gasteiger partial charge < -0.3 is 5.32 Å². The Bertz CT molecular complexity index is 626. The van der Waals surface area contributed by atoms with Gasteiger partial charge in [0, 0.05) is 48.3 Å². The minimum atomic E-state index is 0.726. The standard InChI is InChI=1S/C17H24N4/c1-4-7-21-13(3)17(12(2)20-21)15-8-14(9-18-11-15)10-19-16-5-6-16/h8-9,11,16,19H,4-7,10H2,1-3H3. The predicted octanol–water partition coefficient (Wildman–Crippen LogP) is 3.22. The SMILES string of the molecule is CCCn1nc(C)c(-c2cncc(CNC3CC3)c2)c1C. The Hall–Kier alpha value is -1.68. The molecule has 21 heavy (non-hydrogen) atoms. The molecule has 1 aliphatic rings. The van der Waals surface area contributed by atoms with Crippen LogP contribution in [0.25, 0.3) is 11.1 Å². The van der Waals surface area contributed by atoms with Crippen LogP contribution in [0.5, 0.6) is 0 Å². The predicted molar refractivity (Wildman–Crippen MR) is 85.1 cm³/mol. The van der Waals surface area contributed by atoms with E-state index in [1.165, 1.54) is 35.2 Å². The summed E-state index contributed by atoms with van der Waals surface area (Å²) < 4.78 is 2.11. The lowest BCUT2D eigenvalue weighted by Crippen LogP contribution is -2.15. The van der Waals surface area contributed by atoms with Crippen molar-refractivity contribution in [3.8, 4) is 11.1 Å². The van der Waals surface area contributed by atoms with Gasteiger partial charge in [0.1, 0.15) is 0 Å². The zero-order valence-corrected chi connectivity index (χ0v) is 13.2. The van der Waals surface area contributed by atoms with Crippen molar-refractivity contribution in [1.29, 1.82) is 0 Å². The highest BCUT2D eigenvalue weighted by Gasteiger charge is 2.20. The third-order valence-electron chi connectivity index (χ3n) is 4.07. The number of hydrogen-bond donors (Lipinski definition) is 1. The van der Waals surface area contributed by atoms with Gasteiger partial charge in [0.25, 0.3) is 0 Å². The lowest BCUT2D eigenvalue weighted by atomic mass is 10.0. The Morgan fingerprint density at radius 2 is 2.10 bits per heavy atom. The average molecular weight is 284 g/mol. The summed E-state index contributed by atoms with van der Waals surface area (Å²) in [6, 6.07) is 2.97. The molecule has 0 atom stereocenters. The van der Waals surface area contributed by atoms with Crippen LogP contribution in [0.1, 0.15) is 43.1 Å². The summed E-state index contributed by atoms with van der Waals surface area (Å²) in [4.78, 5) is 4.42. The van der Waals surface area contributed by atoms with E-state index in [0.717, 1.165) is 31.2 Å². The highest BCUT2D eigenvalue weighted by molar-refractivity contribution is 5.68. The molecule has 0 spiro atoms. The molecule has 0 bridgehead atoms. The van der Waals surface area contributed by atoms with Gasteiger partial charge in [0.05, 0.1) is 5.69 Å². The van der Waals surface area contributed by atoms with Crippen molar-refractivity contribution in [2.24, 2.45) is 0 Å². The number of nitrogens with zero attached hydrogens (tertiary/aromatic N) is 3. The molecule has 1 aliphatic carbocycles. The average Bonchev–Trinajstić information content (AvgIpc) is 3.25. The molecular formula is C17H24N4. The van der Waals surface area contributed by atoms with Crippen molar-refractivity contribution in [1.82, 2.24) is 20.1 Å². The molecule has 0 unspecified atom stereocenters. The van der Waals surface area contributed by atoms with E-state index in [-0.39, 0.29) is 0 Å². The number of hydrogen-bond acceptors (Lipinski definition) is 3. The molecule has 0 amide bonds. The van der Waals surface area contributed by atoms with Gasteiger partial charge in [-0.15, -0.1) is 0 Å². The van der Waals surface area contributed by atoms with E-state index in [1.807, 2.05) is 12.4 Å². The summed E-state index contributed by atoms with van der Waals surface area (Å²) in [5, 5.41) is 8.21. The second-order valence-electron chi connectivity index (χ2n) is 6.01. The summed E-state index contributed by atoms with van der Waals surface area (Å²) in [5.74, 6) is 0. The topological polar surface area (TPSA) is 42.7 Å². The minimum Gasteiger partial charge on any atom is -0.310 e. The molecule has 0 aliphatic heterocycles. The molecule has 4 heteroatoms. The molecule has 1 saturated carbocycles. The third kappa shape index (κ3) is 3.16. The molecule has 1 N–H and O–H groups in total. The molecule has 112 valence electrons. The zero-order chi connectivity index (χ0) is 14.8. The monoisotopic (exact) mass is 284 g/mol. The van der Waals surface area contributed by atoms with Crippen molar-refractivity contribution in [3.63, 3.8) is 0 Å². The first kappa shape index (κ1) is 14.3. The van der Waals surface area contributed by atoms with Gasteiger partial charge in [-0.2, -0.15) is 5.10 Å². The Balaban J connectivity index is 1.86. The molecule has 4 nitrogen and oxygen atoms in total. The van der Waals surface area contributed by atoms with Crippen LogP contribution in [0.3, 0.4) is 0 Å². The van der Waals surface area contributed by atoms with E-state index in [0.29, 0.717) is 0 Å². The maximum atomic E-state index is 4.66. The zero-order valence-electron chi connectivity index (χ0n) is 13.2. The van der Waals surface area contributed by atoms with E-state index in [4.69, 9.17) is 0 Å². The minimum absolute atomic E-state index is 0.726. The Kier molecular flexibility index (Phi) is 4.06. The van der Waals surface area contributed by atoms with Crippen LogP contribution in [-0.4, -0.2) is 20.8 Å². The summed E-state index contributed by atoms with van der Waals surface area (Å²) >= 11 is 0. The van der Waals surface area contributed by atoms with Gasteiger partial charge in [0.15, 0.2) is 0 Å². The third-order valence-corrected chi connectivity index (χ3v) is 4.07. The molecule has 0 aromatic carbocycles. The fourth-order valence-corrected chi connectivity index (χ4v) is 2.81. The highest BCUT2D eigenvalue weighted by atomic mass is 15.3. The number of nitrogens with one attached hydrogen (secondary N) is 1. The fourth-order valence-electron chi connectivity index (χ4n) is 2.81. The lowest BCUT2D eigenvalue weighted by molar-refractivity contribution is 0.583. The molecule has 2 aromatic rings. The van der Waals surface area contributed by atoms with Crippen LogP contribution in [-0.2, 0) is 13.1 Å². The smallest absolute Gasteiger partial charge is 0.0675 e. The van der Waals surface area contributed by atoms with Crippen molar-refractivity contribution in [2.75, 3.05) is 0 Å². The van der Waals surface area contributed by atoms with Crippen LogP contribution in [0.4, 0.5) is 0 Å². The first-order valence-corrected chi connectivity index (χ1v) is 7.90. The van der Waals surface area contributed by atoms with E-state index < -0.39 is 0 Å². The van der Waals surface area contributed by atoms with Gasteiger partial charge >= 0.3 is 0 Å². The van der Waals surface area contributed by atoms with Crippen molar-refractivity contribution >= 4 is 0 Å². The van der Waals surface area contributed by atoms with Gasteiger partial charge in [-0.1, -0.05) is 6.92 Å². The molecule has 2 heterocycles. The number of pyridine rings is 1. The molecule has 1 fully saturated rings. The van der Waals surface area contributed by atoms with Gasteiger partial charge in [-0.3, -0.25) is 9.67 Å². The summed E-state index contributed by atoms with van der Waals surface area (Å²) in [5.41, 5.74) is 6.01. The molecule has 0 radical (unpaired) electrons. The largest absolute Gasteiger partial charge is 0.310 e. The lowest BCUT2D eigenvalue weighted by Gasteiger charge is -2.07. The second-order valence-corrected chi connectivity index (χ2v) is 6.01.